The van der Waals surface area contributed by atoms with E-state index in [9.17, 15) is 0 Å². The van der Waals surface area contributed by atoms with Crippen LogP contribution in [0, 0.1) is 6.92 Å². The van der Waals surface area contributed by atoms with Crippen molar-refractivity contribution in [2.75, 3.05) is 0 Å². The maximum absolute atomic E-state index is 8.63. The van der Waals surface area contributed by atoms with E-state index in [-0.39, 0.29) is 5.84 Å². The van der Waals surface area contributed by atoms with E-state index < -0.39 is 0 Å². The van der Waals surface area contributed by atoms with Crippen LogP contribution in [0.25, 0.3) is 5.95 Å². The number of nitrogens with two attached hydrogens (primary N) is 1. The summed E-state index contributed by atoms with van der Waals surface area (Å²) in [4.78, 5) is 8.32. The van der Waals surface area contributed by atoms with Crippen LogP contribution in [0.5, 0.6) is 0 Å². The Bertz CT molecular complexity index is 514. The average molecular weight is 217 g/mol. The highest BCUT2D eigenvalue weighted by atomic mass is 16.4. The molecule has 2 aromatic rings. The zero-order valence-electron chi connectivity index (χ0n) is 8.70. The van der Waals surface area contributed by atoms with Crippen LogP contribution in [0.4, 0.5) is 0 Å². The van der Waals surface area contributed by atoms with Crippen LogP contribution in [0.15, 0.2) is 35.9 Å². The summed E-state index contributed by atoms with van der Waals surface area (Å²) in [7, 11) is 0. The molecule has 6 heteroatoms. The molecule has 2 rings (SSSR count). The van der Waals surface area contributed by atoms with E-state index in [2.05, 4.69) is 15.1 Å². The van der Waals surface area contributed by atoms with Crippen molar-refractivity contribution in [3.05, 3.63) is 42.0 Å². The maximum Gasteiger partial charge on any atom is 0.234 e. The highest BCUT2D eigenvalue weighted by Crippen LogP contribution is 2.08. The molecule has 3 N–H and O–H groups in total. The zero-order chi connectivity index (χ0) is 11.5. The van der Waals surface area contributed by atoms with E-state index in [1.807, 2.05) is 6.92 Å². The molecule has 0 amide bonds. The number of hydrogen-bond donors (Lipinski definition) is 2. The minimum atomic E-state index is 0.0224. The molecule has 6 nitrogen and oxygen atoms in total. The first kappa shape index (κ1) is 10.2. The van der Waals surface area contributed by atoms with Crippen molar-refractivity contribution in [1.82, 2.24) is 14.5 Å². The molecule has 2 aromatic heterocycles. The number of hydrogen-bond acceptors (Lipinski definition) is 4. The quantitative estimate of drug-likeness (QED) is 0.335. The first-order valence-electron chi connectivity index (χ1n) is 4.66. The average Bonchev–Trinajstić information content (AvgIpc) is 2.78. The third-order valence-electron chi connectivity index (χ3n) is 2.10. The van der Waals surface area contributed by atoms with Gasteiger partial charge in [0.2, 0.25) is 5.95 Å². The van der Waals surface area contributed by atoms with Gasteiger partial charge in [-0.05, 0) is 24.6 Å². The van der Waals surface area contributed by atoms with Gasteiger partial charge in [0.25, 0.3) is 0 Å². The fourth-order valence-corrected chi connectivity index (χ4v) is 1.33. The van der Waals surface area contributed by atoms with Crippen molar-refractivity contribution >= 4 is 5.84 Å². The predicted molar refractivity (Wildman–Crippen MR) is 58.6 cm³/mol. The first-order valence-corrected chi connectivity index (χ1v) is 4.66. The van der Waals surface area contributed by atoms with Gasteiger partial charge in [0.1, 0.15) is 0 Å². The Morgan fingerprint density at radius 1 is 1.44 bits per heavy atom. The van der Waals surface area contributed by atoms with Gasteiger partial charge in [0.15, 0.2) is 5.84 Å². The van der Waals surface area contributed by atoms with Crippen molar-refractivity contribution in [3.63, 3.8) is 0 Å². The highest BCUT2D eigenvalue weighted by Gasteiger charge is 2.08. The smallest absolute Gasteiger partial charge is 0.234 e. The van der Waals surface area contributed by atoms with E-state index >= 15 is 0 Å². The van der Waals surface area contributed by atoms with Crippen LogP contribution in [0.3, 0.4) is 0 Å². The Hall–Kier alpha value is -2.37. The second-order valence-corrected chi connectivity index (χ2v) is 3.31. The van der Waals surface area contributed by atoms with Gasteiger partial charge >= 0.3 is 0 Å². The Balaban J connectivity index is 2.49. The number of aryl methyl sites for hydroxylation is 1. The molecule has 0 aliphatic rings. The molecule has 0 aliphatic heterocycles. The SMILES string of the molecule is Cc1cnc(-n2cccc2/C(N)=N/O)nc1. The largest absolute Gasteiger partial charge is 0.409 e. The number of nitrogens with zero attached hydrogens (tertiary/aromatic N) is 4. The number of aromatic nitrogens is 3. The molecule has 0 saturated carbocycles. The van der Waals surface area contributed by atoms with Crippen LogP contribution in [-0.2, 0) is 0 Å². The summed E-state index contributed by atoms with van der Waals surface area (Å²) in [5, 5.41) is 11.6. The minimum absolute atomic E-state index is 0.0224. The van der Waals surface area contributed by atoms with E-state index in [4.69, 9.17) is 10.9 Å². The Labute approximate surface area is 92.1 Å². The lowest BCUT2D eigenvalue weighted by molar-refractivity contribution is 0.318. The summed E-state index contributed by atoms with van der Waals surface area (Å²) >= 11 is 0. The first-order chi connectivity index (χ1) is 7.72. The van der Waals surface area contributed by atoms with E-state index in [1.54, 1.807) is 35.3 Å². The van der Waals surface area contributed by atoms with Crippen LogP contribution < -0.4 is 5.73 Å². The fraction of sp³-hybridized carbons (Fsp3) is 0.100. The molecule has 0 fully saturated rings. The van der Waals surface area contributed by atoms with Crippen molar-refractivity contribution < 1.29 is 5.21 Å². The van der Waals surface area contributed by atoms with Gasteiger partial charge in [0, 0.05) is 18.6 Å². The second kappa shape index (κ2) is 4.01. The van der Waals surface area contributed by atoms with E-state index in [0.29, 0.717) is 11.6 Å². The lowest BCUT2D eigenvalue weighted by Gasteiger charge is -2.05. The maximum atomic E-state index is 8.63. The number of rotatable bonds is 2. The predicted octanol–water partition coefficient (Wildman–Crippen LogP) is 0.670. The van der Waals surface area contributed by atoms with Crippen LogP contribution in [-0.4, -0.2) is 25.6 Å². The van der Waals surface area contributed by atoms with Gasteiger partial charge in [-0.15, -0.1) is 0 Å². The summed E-state index contributed by atoms with van der Waals surface area (Å²) in [6, 6.07) is 3.49. The summed E-state index contributed by atoms with van der Waals surface area (Å²) in [6.07, 6.45) is 5.16. The standard InChI is InChI=1S/C10H11N5O/c1-7-5-12-10(13-6-7)15-4-2-3-8(15)9(11)14-16/h2-6,16H,1H3,(H2,11,14). The van der Waals surface area contributed by atoms with Gasteiger partial charge in [-0.25, -0.2) is 9.97 Å². The molecule has 0 aliphatic carbocycles. The summed E-state index contributed by atoms with van der Waals surface area (Å²) in [5.74, 6) is 0.506. The van der Waals surface area contributed by atoms with Crippen LogP contribution in [0.2, 0.25) is 0 Å². The van der Waals surface area contributed by atoms with Gasteiger partial charge in [0.05, 0.1) is 5.69 Å². The molecule has 0 radical (unpaired) electrons. The molecular formula is C10H11N5O. The molecular weight excluding hydrogens is 206 g/mol. The monoisotopic (exact) mass is 217 g/mol. The van der Waals surface area contributed by atoms with Gasteiger partial charge in [-0.2, -0.15) is 0 Å². The zero-order valence-corrected chi connectivity index (χ0v) is 8.70. The molecule has 2 heterocycles. The molecule has 0 saturated heterocycles. The van der Waals surface area contributed by atoms with Crippen molar-refractivity contribution in [2.24, 2.45) is 10.9 Å². The molecule has 16 heavy (non-hydrogen) atoms. The minimum Gasteiger partial charge on any atom is -0.409 e. The second-order valence-electron chi connectivity index (χ2n) is 3.31. The van der Waals surface area contributed by atoms with Gasteiger partial charge in [-0.1, -0.05) is 5.16 Å². The number of amidine groups is 1. The summed E-state index contributed by atoms with van der Waals surface area (Å²) < 4.78 is 1.65. The van der Waals surface area contributed by atoms with E-state index in [0.717, 1.165) is 5.56 Å². The molecule has 0 spiro atoms. The lowest BCUT2D eigenvalue weighted by Crippen LogP contribution is -2.18. The summed E-state index contributed by atoms with van der Waals surface area (Å²) in [6.45, 7) is 1.91. The Kier molecular flexibility index (Phi) is 2.55. The van der Waals surface area contributed by atoms with Gasteiger partial charge in [-0.3, -0.25) is 4.57 Å². The lowest BCUT2D eigenvalue weighted by atomic mass is 10.4. The third-order valence-corrected chi connectivity index (χ3v) is 2.10. The molecule has 82 valence electrons. The normalized spacial score (nSPS) is 11.7. The topological polar surface area (TPSA) is 89.3 Å². The van der Waals surface area contributed by atoms with Crippen LogP contribution in [0.1, 0.15) is 11.3 Å². The fourth-order valence-electron chi connectivity index (χ4n) is 1.33. The molecule has 0 atom stereocenters. The molecule has 0 unspecified atom stereocenters. The Morgan fingerprint density at radius 2 is 2.12 bits per heavy atom. The van der Waals surface area contributed by atoms with Crippen molar-refractivity contribution in [1.29, 1.82) is 0 Å². The molecule has 0 bridgehead atoms. The van der Waals surface area contributed by atoms with Crippen molar-refractivity contribution in [3.8, 4) is 5.95 Å². The Morgan fingerprint density at radius 3 is 2.75 bits per heavy atom. The third kappa shape index (κ3) is 1.72. The van der Waals surface area contributed by atoms with E-state index in [1.165, 1.54) is 0 Å². The highest BCUT2D eigenvalue weighted by molar-refractivity contribution is 5.96. The number of oxime groups is 1. The van der Waals surface area contributed by atoms with Gasteiger partial charge < -0.3 is 10.9 Å². The molecule has 0 aromatic carbocycles. The van der Waals surface area contributed by atoms with Crippen molar-refractivity contribution in [2.45, 2.75) is 6.92 Å². The summed E-state index contributed by atoms with van der Waals surface area (Å²) in [5.41, 5.74) is 7.05. The van der Waals surface area contributed by atoms with Crippen LogP contribution >= 0.6 is 0 Å².